The molecule has 0 spiro atoms. The predicted molar refractivity (Wildman–Crippen MR) is 86.9 cm³/mol. The molecule has 0 radical (unpaired) electrons. The number of nitrogens with one attached hydrogen (secondary N) is 1. The zero-order valence-corrected chi connectivity index (χ0v) is 13.6. The summed E-state index contributed by atoms with van der Waals surface area (Å²) >= 11 is 0. The molecule has 0 aliphatic carbocycles. The van der Waals surface area contributed by atoms with Gasteiger partial charge in [0.1, 0.15) is 5.75 Å². The molecular weight excluding hydrogens is 264 g/mol. The van der Waals surface area contributed by atoms with Gasteiger partial charge in [-0.2, -0.15) is 5.10 Å². The van der Waals surface area contributed by atoms with Crippen molar-refractivity contribution in [2.75, 3.05) is 6.61 Å². The fraction of sp³-hybridized carbons (Fsp3) is 0.529. The first-order valence-electron chi connectivity index (χ1n) is 7.43. The van der Waals surface area contributed by atoms with Gasteiger partial charge in [-0.25, -0.2) is 5.43 Å². The third kappa shape index (κ3) is 6.43. The van der Waals surface area contributed by atoms with Crippen molar-refractivity contribution in [1.29, 1.82) is 0 Å². The molecule has 1 aromatic carbocycles. The number of benzene rings is 1. The molecule has 0 aliphatic heterocycles. The van der Waals surface area contributed by atoms with Crippen LogP contribution in [0.2, 0.25) is 0 Å². The van der Waals surface area contributed by atoms with Gasteiger partial charge in [-0.05, 0) is 42.4 Å². The number of aryl methyl sites for hydroxylation is 1. The molecule has 0 bridgehead atoms. The van der Waals surface area contributed by atoms with Crippen molar-refractivity contribution in [3.63, 3.8) is 0 Å². The number of carbonyl (C=O) groups excluding carboxylic acids is 1. The van der Waals surface area contributed by atoms with Crippen molar-refractivity contribution >= 4 is 12.1 Å². The molecule has 1 amide bonds. The van der Waals surface area contributed by atoms with Gasteiger partial charge in [0, 0.05) is 6.21 Å². The van der Waals surface area contributed by atoms with Crippen LogP contribution in [0.1, 0.15) is 51.2 Å². The predicted octanol–water partition coefficient (Wildman–Crippen LogP) is 3.65. The van der Waals surface area contributed by atoms with Gasteiger partial charge in [0.05, 0.1) is 0 Å². The fourth-order valence-corrected chi connectivity index (χ4v) is 1.80. The minimum absolute atomic E-state index is 0.0256. The molecule has 4 heteroatoms. The van der Waals surface area contributed by atoms with E-state index < -0.39 is 0 Å². The number of amides is 1. The lowest BCUT2D eigenvalue weighted by molar-refractivity contribution is -0.123. The zero-order valence-electron chi connectivity index (χ0n) is 13.6. The van der Waals surface area contributed by atoms with E-state index in [1.54, 1.807) is 6.21 Å². The molecular formula is C17H26N2O2. The molecule has 0 heterocycles. The van der Waals surface area contributed by atoms with E-state index in [0.29, 0.717) is 11.8 Å². The van der Waals surface area contributed by atoms with Crippen LogP contribution >= 0.6 is 0 Å². The van der Waals surface area contributed by atoms with Gasteiger partial charge in [0.25, 0.3) is 5.91 Å². The van der Waals surface area contributed by atoms with Crippen molar-refractivity contribution in [2.24, 2.45) is 11.0 Å². The summed E-state index contributed by atoms with van der Waals surface area (Å²) < 4.78 is 5.63. The van der Waals surface area contributed by atoms with Crippen LogP contribution in [-0.4, -0.2) is 18.7 Å². The second-order valence-electron chi connectivity index (χ2n) is 5.96. The van der Waals surface area contributed by atoms with E-state index in [1.807, 2.05) is 19.1 Å². The molecule has 4 nitrogen and oxygen atoms in total. The van der Waals surface area contributed by atoms with Crippen LogP contribution in [0.4, 0.5) is 0 Å². The van der Waals surface area contributed by atoms with Crippen LogP contribution in [0.25, 0.3) is 0 Å². The topological polar surface area (TPSA) is 50.7 Å². The number of ether oxygens (including phenoxy) is 1. The number of rotatable bonds is 7. The number of nitrogens with zero attached hydrogens (tertiary/aromatic N) is 1. The first-order valence-corrected chi connectivity index (χ1v) is 7.43. The molecule has 116 valence electrons. The van der Waals surface area contributed by atoms with E-state index in [9.17, 15) is 4.79 Å². The molecule has 1 aromatic rings. The summed E-state index contributed by atoms with van der Waals surface area (Å²) in [6.07, 6.45) is 2.56. The Hall–Kier alpha value is -1.84. The van der Waals surface area contributed by atoms with Gasteiger partial charge in [-0.15, -0.1) is 0 Å². The van der Waals surface area contributed by atoms with Crippen molar-refractivity contribution in [3.8, 4) is 5.75 Å². The van der Waals surface area contributed by atoms with Crippen molar-refractivity contribution in [3.05, 3.63) is 29.3 Å². The van der Waals surface area contributed by atoms with Crippen LogP contribution in [-0.2, 0) is 4.79 Å². The molecule has 1 rings (SSSR count). The van der Waals surface area contributed by atoms with Crippen molar-refractivity contribution < 1.29 is 9.53 Å². The largest absolute Gasteiger partial charge is 0.483 e. The summed E-state index contributed by atoms with van der Waals surface area (Å²) in [5.41, 5.74) is 4.70. The minimum Gasteiger partial charge on any atom is -0.483 e. The maximum atomic E-state index is 11.7. The van der Waals surface area contributed by atoms with Crippen LogP contribution < -0.4 is 10.2 Å². The lowest BCUT2D eigenvalue weighted by Gasteiger charge is -2.14. The van der Waals surface area contributed by atoms with Crippen molar-refractivity contribution in [2.45, 2.75) is 47.0 Å². The average Bonchev–Trinajstić information content (AvgIpc) is 2.40. The molecule has 0 aliphatic rings. The highest BCUT2D eigenvalue weighted by Gasteiger charge is 2.09. The van der Waals surface area contributed by atoms with E-state index in [0.717, 1.165) is 23.3 Å². The second-order valence-corrected chi connectivity index (χ2v) is 5.96. The first kappa shape index (κ1) is 17.2. The Balaban J connectivity index is 2.53. The summed E-state index contributed by atoms with van der Waals surface area (Å²) in [5, 5.41) is 3.89. The van der Waals surface area contributed by atoms with Gasteiger partial charge >= 0.3 is 0 Å². The standard InChI is InChI=1S/C17H26N2O2/c1-12(2)8-9-18-19-17(20)11-21-16-10-14(5)6-7-15(16)13(3)4/h6-7,9-10,12-13H,8,11H2,1-5H3,(H,19,20)/b18-9+. The Morgan fingerprint density at radius 1 is 1.33 bits per heavy atom. The van der Waals surface area contributed by atoms with Gasteiger partial charge in [0.2, 0.25) is 0 Å². The summed E-state index contributed by atoms with van der Waals surface area (Å²) in [4.78, 5) is 11.7. The Bertz CT molecular complexity index is 494. The number of hydrogen-bond donors (Lipinski definition) is 1. The Labute approximate surface area is 127 Å². The van der Waals surface area contributed by atoms with Gasteiger partial charge in [0.15, 0.2) is 6.61 Å². The molecule has 1 N–H and O–H groups in total. The normalized spacial score (nSPS) is 11.4. The molecule has 0 saturated heterocycles. The number of hydrazone groups is 1. The van der Waals surface area contributed by atoms with Crippen LogP contribution in [0, 0.1) is 12.8 Å². The van der Waals surface area contributed by atoms with Crippen LogP contribution in [0.3, 0.4) is 0 Å². The number of hydrogen-bond acceptors (Lipinski definition) is 3. The summed E-state index contributed by atoms with van der Waals surface area (Å²) in [6, 6.07) is 6.07. The van der Waals surface area contributed by atoms with Gasteiger partial charge < -0.3 is 4.74 Å². The SMILES string of the molecule is Cc1ccc(C(C)C)c(OCC(=O)N/N=C/CC(C)C)c1. The average molecular weight is 290 g/mol. The Kier molecular flexibility index (Phi) is 6.92. The summed E-state index contributed by atoms with van der Waals surface area (Å²) in [7, 11) is 0. The summed E-state index contributed by atoms with van der Waals surface area (Å²) in [6.45, 7) is 10.4. The highest BCUT2D eigenvalue weighted by molar-refractivity contribution is 5.78. The van der Waals surface area contributed by atoms with Crippen LogP contribution in [0.5, 0.6) is 5.75 Å². The lowest BCUT2D eigenvalue weighted by Crippen LogP contribution is -2.25. The van der Waals surface area contributed by atoms with E-state index in [4.69, 9.17) is 4.74 Å². The third-order valence-corrected chi connectivity index (χ3v) is 3.01. The molecule has 0 saturated carbocycles. The van der Waals surface area contributed by atoms with Crippen LogP contribution in [0.15, 0.2) is 23.3 Å². The van der Waals surface area contributed by atoms with E-state index >= 15 is 0 Å². The Morgan fingerprint density at radius 2 is 2.05 bits per heavy atom. The fourth-order valence-electron chi connectivity index (χ4n) is 1.80. The molecule has 0 atom stereocenters. The third-order valence-electron chi connectivity index (χ3n) is 3.01. The first-order chi connectivity index (χ1) is 9.90. The maximum Gasteiger partial charge on any atom is 0.277 e. The maximum absolute atomic E-state index is 11.7. The molecule has 0 unspecified atom stereocenters. The quantitative estimate of drug-likeness (QED) is 0.615. The molecule has 0 fully saturated rings. The minimum atomic E-state index is -0.244. The lowest BCUT2D eigenvalue weighted by atomic mass is 10.0. The van der Waals surface area contributed by atoms with Gasteiger partial charge in [-0.1, -0.05) is 39.8 Å². The molecule has 21 heavy (non-hydrogen) atoms. The van der Waals surface area contributed by atoms with E-state index in [-0.39, 0.29) is 12.5 Å². The van der Waals surface area contributed by atoms with Crippen molar-refractivity contribution in [1.82, 2.24) is 5.43 Å². The highest BCUT2D eigenvalue weighted by atomic mass is 16.5. The number of carbonyl (C=O) groups is 1. The second kappa shape index (κ2) is 8.45. The highest BCUT2D eigenvalue weighted by Crippen LogP contribution is 2.27. The van der Waals surface area contributed by atoms with E-state index in [1.165, 1.54) is 0 Å². The summed E-state index contributed by atoms with van der Waals surface area (Å²) in [5.74, 6) is 1.41. The monoisotopic (exact) mass is 290 g/mol. The smallest absolute Gasteiger partial charge is 0.277 e. The van der Waals surface area contributed by atoms with Gasteiger partial charge in [-0.3, -0.25) is 4.79 Å². The van der Waals surface area contributed by atoms with E-state index in [2.05, 4.69) is 44.3 Å². The molecule has 0 aromatic heterocycles. The zero-order chi connectivity index (χ0) is 15.8. The Morgan fingerprint density at radius 3 is 2.67 bits per heavy atom.